The van der Waals surface area contributed by atoms with E-state index in [4.69, 9.17) is 0 Å². The molecule has 3 aromatic rings. The summed E-state index contributed by atoms with van der Waals surface area (Å²) in [5.41, 5.74) is 11.2. The first-order valence-electron chi connectivity index (χ1n) is 15.8. The molecular weight excluding hydrogens is 715 g/mol. The molecule has 4 bridgehead atoms. The van der Waals surface area contributed by atoms with Crippen molar-refractivity contribution in [3.05, 3.63) is 126 Å². The second-order valence-electron chi connectivity index (χ2n) is 10.8. The van der Waals surface area contributed by atoms with Crippen LogP contribution in [0.5, 0.6) is 0 Å². The fourth-order valence-corrected chi connectivity index (χ4v) is 17.0. The zero-order valence-electron chi connectivity index (χ0n) is 26.7. The van der Waals surface area contributed by atoms with Crippen molar-refractivity contribution in [2.45, 2.75) is 53.4 Å². The Hall–Kier alpha value is -0.650. The summed E-state index contributed by atoms with van der Waals surface area (Å²) >= 11 is 16.0. The summed E-state index contributed by atoms with van der Waals surface area (Å²) in [5.74, 6) is 4.44. The minimum absolute atomic E-state index is 0.946. The summed E-state index contributed by atoms with van der Waals surface area (Å²) in [6.07, 6.45) is 7.73. The van der Waals surface area contributed by atoms with Gasteiger partial charge in [-0.2, -0.15) is 0 Å². The van der Waals surface area contributed by atoms with E-state index in [2.05, 4.69) is 87.3 Å². The van der Waals surface area contributed by atoms with Crippen molar-refractivity contribution < 1.29 is 0 Å². The molecule has 2 aliphatic heterocycles. The molecule has 46 heavy (non-hydrogen) atoms. The van der Waals surface area contributed by atoms with Gasteiger partial charge in [0, 0.05) is 12.4 Å². The molecule has 2 aromatic carbocycles. The van der Waals surface area contributed by atoms with Gasteiger partial charge >= 0.3 is 0 Å². The fraction of sp³-hybridized carbons (Fsp3) is 0.324. The van der Waals surface area contributed by atoms with Gasteiger partial charge in [-0.25, -0.2) is 0 Å². The predicted molar refractivity (Wildman–Crippen MR) is 222 cm³/mol. The van der Waals surface area contributed by atoms with Crippen LogP contribution in [0.15, 0.2) is 104 Å². The molecule has 9 rings (SSSR count). The molecule has 1 nitrogen and oxygen atoms in total. The van der Waals surface area contributed by atoms with E-state index in [0.717, 1.165) is 48.7 Å². The van der Waals surface area contributed by atoms with Gasteiger partial charge in [0.2, 0.25) is 0 Å². The Kier molecular flexibility index (Phi) is 13.3. The number of allylic oxidation sites excluding steroid dienone is 2. The summed E-state index contributed by atoms with van der Waals surface area (Å²) in [5, 5.41) is 0. The highest BCUT2D eigenvalue weighted by Gasteiger charge is 2.27. The molecule has 9 heteroatoms. The van der Waals surface area contributed by atoms with Crippen LogP contribution in [0.1, 0.15) is 49.9 Å². The highest BCUT2D eigenvalue weighted by atomic mass is 32.3. The van der Waals surface area contributed by atoms with Crippen LogP contribution < -0.4 is 0 Å². The number of aromatic nitrogens is 1. The molecule has 3 heterocycles. The lowest BCUT2D eigenvalue weighted by atomic mass is 9.89. The van der Waals surface area contributed by atoms with Gasteiger partial charge in [-0.1, -0.05) is 117 Å². The van der Waals surface area contributed by atoms with Crippen LogP contribution in [0.25, 0.3) is 11.1 Å². The van der Waals surface area contributed by atoms with Crippen molar-refractivity contribution in [1.29, 1.82) is 0 Å². The van der Waals surface area contributed by atoms with Crippen LogP contribution in [0.3, 0.4) is 0 Å². The van der Waals surface area contributed by atoms with Gasteiger partial charge < -0.3 is 0 Å². The molecule has 0 N–H and O–H groups in total. The fourth-order valence-electron chi connectivity index (χ4n) is 5.56. The number of hydrogen-bond donors (Lipinski definition) is 0. The average molecular weight is 754 g/mol. The summed E-state index contributed by atoms with van der Waals surface area (Å²) in [4.78, 5) is 4.36. The zero-order chi connectivity index (χ0) is 31.9. The lowest BCUT2D eigenvalue weighted by Crippen LogP contribution is -2.04. The Balaban J connectivity index is 1.43. The van der Waals surface area contributed by atoms with E-state index in [1.165, 1.54) is 69.9 Å². The topological polar surface area (TPSA) is 12.9 Å². The van der Waals surface area contributed by atoms with Crippen molar-refractivity contribution in [2.75, 3.05) is 23.0 Å². The van der Waals surface area contributed by atoms with Gasteiger partial charge in [-0.3, -0.25) is 4.98 Å². The monoisotopic (exact) mass is 753 g/mol. The lowest BCUT2D eigenvalue weighted by molar-refractivity contribution is 1.00. The first kappa shape index (κ1) is 35.2. The van der Waals surface area contributed by atoms with E-state index in [-0.39, 0.29) is 0 Å². The molecule has 0 radical (unpaired) electrons. The van der Waals surface area contributed by atoms with Crippen molar-refractivity contribution in [2.24, 2.45) is 0 Å². The maximum Gasteiger partial charge on any atom is 0.0659 e. The minimum Gasteiger partial charge on any atom is -0.265 e. The zero-order valence-corrected chi connectivity index (χ0v) is 33.3. The summed E-state index contributed by atoms with van der Waals surface area (Å²) in [6, 6.07) is 21.2. The molecular formula is C37H39NS8. The maximum absolute atomic E-state index is 4.36. The van der Waals surface area contributed by atoms with Gasteiger partial charge in [0.1, 0.15) is 0 Å². The number of benzene rings is 2. The lowest BCUT2D eigenvalue weighted by Gasteiger charge is -2.19. The van der Waals surface area contributed by atoms with Crippen LogP contribution in [0.2, 0.25) is 0 Å². The van der Waals surface area contributed by atoms with Gasteiger partial charge in [0.25, 0.3) is 0 Å². The van der Waals surface area contributed by atoms with Crippen LogP contribution in [0.4, 0.5) is 0 Å². The second-order valence-corrected chi connectivity index (χ2v) is 21.6. The Labute approximate surface area is 309 Å². The van der Waals surface area contributed by atoms with Gasteiger partial charge in [-0.15, -0.1) is 47.0 Å². The van der Waals surface area contributed by atoms with Gasteiger partial charge in [-0.05, 0) is 105 Å². The van der Waals surface area contributed by atoms with E-state index in [9.17, 15) is 0 Å². The van der Waals surface area contributed by atoms with Crippen LogP contribution in [0, 0.1) is 0 Å². The SMILES string of the molecule is CCSC1=C(SCC)SC(=C2Cc3ccc(cc3)CC(=C3SC(SCC)=C(SCC)S3)Cc3ccc(cc3-c3ccncc3)C2)S1. The molecule has 240 valence electrons. The molecule has 4 aliphatic carbocycles. The number of rotatable bonds is 9. The van der Waals surface area contributed by atoms with Gasteiger partial charge in [0.05, 0.1) is 25.4 Å². The molecule has 6 aliphatic rings. The van der Waals surface area contributed by atoms with Crippen molar-refractivity contribution in [3.63, 3.8) is 0 Å². The highest BCUT2D eigenvalue weighted by molar-refractivity contribution is 8.41. The van der Waals surface area contributed by atoms with E-state index in [0.29, 0.717) is 0 Å². The Bertz CT molecular complexity index is 1630. The molecule has 0 fully saturated rings. The first-order chi connectivity index (χ1) is 22.6. The van der Waals surface area contributed by atoms with E-state index in [1.54, 1.807) is 0 Å². The molecule has 0 amide bonds. The third kappa shape index (κ3) is 8.73. The Morgan fingerprint density at radius 1 is 0.522 bits per heavy atom. The average Bonchev–Trinajstić information content (AvgIpc) is 3.66. The molecule has 0 unspecified atom stereocenters. The van der Waals surface area contributed by atoms with E-state index < -0.39 is 0 Å². The van der Waals surface area contributed by atoms with E-state index in [1.807, 2.05) is 106 Å². The quantitative estimate of drug-likeness (QED) is 0.210. The molecule has 1 aromatic heterocycles. The summed E-state index contributed by atoms with van der Waals surface area (Å²) < 4.78 is 8.91. The second kappa shape index (κ2) is 17.3. The number of pyridine rings is 1. The molecule has 0 saturated carbocycles. The van der Waals surface area contributed by atoms with Crippen molar-refractivity contribution >= 4 is 94.1 Å². The summed E-state index contributed by atoms with van der Waals surface area (Å²) in [6.45, 7) is 9.06. The Morgan fingerprint density at radius 3 is 1.39 bits per heavy atom. The predicted octanol–water partition coefficient (Wildman–Crippen LogP) is 13.3. The van der Waals surface area contributed by atoms with E-state index >= 15 is 0 Å². The smallest absolute Gasteiger partial charge is 0.0659 e. The van der Waals surface area contributed by atoms with Gasteiger partial charge in [0.15, 0.2) is 0 Å². The van der Waals surface area contributed by atoms with Crippen LogP contribution >= 0.6 is 94.1 Å². The molecule has 0 saturated heterocycles. The number of hydrogen-bond acceptors (Lipinski definition) is 9. The third-order valence-electron chi connectivity index (χ3n) is 7.60. The van der Waals surface area contributed by atoms with Crippen LogP contribution in [-0.2, 0) is 25.7 Å². The highest BCUT2D eigenvalue weighted by Crippen LogP contribution is 2.60. The molecule has 0 spiro atoms. The maximum atomic E-state index is 4.36. The van der Waals surface area contributed by atoms with Crippen LogP contribution in [-0.4, -0.2) is 28.0 Å². The van der Waals surface area contributed by atoms with Crippen molar-refractivity contribution in [3.8, 4) is 11.1 Å². The number of thioether (sulfide) groups is 8. The minimum atomic E-state index is 0.946. The molecule has 0 atom stereocenters. The summed E-state index contributed by atoms with van der Waals surface area (Å²) in [7, 11) is 0. The van der Waals surface area contributed by atoms with Crippen molar-refractivity contribution in [1.82, 2.24) is 4.98 Å². The number of nitrogens with zero attached hydrogens (tertiary/aromatic N) is 1. The largest absolute Gasteiger partial charge is 0.265 e. The standard InChI is InChI=1S/C37H39NS8/c1-5-39-34-35(40-6-2)44-32(43-34)29-19-24-9-11-25(12-10-24)20-30(33-45-36(41-7-3)37(46-33)42-8-4)23-28-14-13-26(21-29)22-31(28)27-15-17-38-18-16-27/h9-18,22H,5-8,19-21,23H2,1-4H3. The normalized spacial score (nSPS) is 17.2. The third-order valence-corrected chi connectivity index (χ3v) is 18.5. The first-order valence-corrected chi connectivity index (χ1v) is 23.0. The Morgan fingerprint density at radius 2 is 0.935 bits per heavy atom.